The van der Waals surface area contributed by atoms with Crippen LogP contribution in [-0.2, 0) is 4.79 Å². The highest BCUT2D eigenvalue weighted by molar-refractivity contribution is 5.91. The SMILES string of the molecule is Nc1nccc2c([C@@H]3CC[C@H]4CCC(=O)N4C3)nn(-c3ccc(Oc4cccc(F)c4)cc3)c12. The quantitative estimate of drug-likeness (QED) is 0.476. The first-order valence-corrected chi connectivity index (χ1v) is 11.5. The first-order chi connectivity index (χ1) is 16.6. The number of rotatable bonds is 4. The van der Waals surface area contributed by atoms with Crippen LogP contribution in [-0.4, -0.2) is 38.2 Å². The van der Waals surface area contributed by atoms with E-state index in [1.807, 2.05) is 39.9 Å². The third kappa shape index (κ3) is 3.55. The Morgan fingerprint density at radius 2 is 1.88 bits per heavy atom. The van der Waals surface area contributed by atoms with Crippen LogP contribution >= 0.6 is 0 Å². The predicted octanol–water partition coefficient (Wildman–Crippen LogP) is 4.80. The highest BCUT2D eigenvalue weighted by Crippen LogP contribution is 2.39. The number of amides is 1. The lowest BCUT2D eigenvalue weighted by atomic mass is 9.89. The third-order valence-corrected chi connectivity index (χ3v) is 6.87. The van der Waals surface area contributed by atoms with Crippen molar-refractivity contribution >= 4 is 22.6 Å². The van der Waals surface area contributed by atoms with Crippen molar-refractivity contribution < 1.29 is 13.9 Å². The fourth-order valence-electron chi connectivity index (χ4n) is 5.21. The molecule has 34 heavy (non-hydrogen) atoms. The maximum atomic E-state index is 13.5. The van der Waals surface area contributed by atoms with Gasteiger partial charge in [-0.2, -0.15) is 5.10 Å². The van der Waals surface area contributed by atoms with Crippen LogP contribution < -0.4 is 10.5 Å². The maximum Gasteiger partial charge on any atom is 0.222 e. The summed E-state index contributed by atoms with van der Waals surface area (Å²) < 4.78 is 21.0. The van der Waals surface area contributed by atoms with Crippen molar-refractivity contribution in [3.8, 4) is 17.2 Å². The number of carbonyl (C=O) groups is 1. The third-order valence-electron chi connectivity index (χ3n) is 6.87. The van der Waals surface area contributed by atoms with Gasteiger partial charge in [0, 0.05) is 42.6 Å². The van der Waals surface area contributed by atoms with Crippen LogP contribution in [0.1, 0.15) is 37.3 Å². The zero-order chi connectivity index (χ0) is 23.2. The number of anilines is 1. The van der Waals surface area contributed by atoms with Crippen molar-refractivity contribution in [1.29, 1.82) is 0 Å². The molecule has 0 aliphatic carbocycles. The van der Waals surface area contributed by atoms with Gasteiger partial charge in [-0.05, 0) is 61.7 Å². The van der Waals surface area contributed by atoms with Gasteiger partial charge >= 0.3 is 0 Å². The summed E-state index contributed by atoms with van der Waals surface area (Å²) in [4.78, 5) is 18.7. The molecule has 8 heteroatoms. The summed E-state index contributed by atoms with van der Waals surface area (Å²) in [5.41, 5.74) is 8.81. The summed E-state index contributed by atoms with van der Waals surface area (Å²) in [6.45, 7) is 0.693. The number of halogens is 1. The van der Waals surface area contributed by atoms with Crippen molar-refractivity contribution in [2.24, 2.45) is 0 Å². The van der Waals surface area contributed by atoms with Gasteiger partial charge in [-0.1, -0.05) is 6.07 Å². The molecule has 2 atom stereocenters. The second-order valence-corrected chi connectivity index (χ2v) is 8.96. The van der Waals surface area contributed by atoms with Crippen molar-refractivity contribution in [2.45, 2.75) is 37.6 Å². The second-order valence-electron chi connectivity index (χ2n) is 8.96. The number of fused-ring (bicyclic) bond motifs is 2. The van der Waals surface area contributed by atoms with Crippen LogP contribution in [0.4, 0.5) is 10.2 Å². The lowest BCUT2D eigenvalue weighted by Gasteiger charge is -2.34. The lowest BCUT2D eigenvalue weighted by molar-refractivity contribution is -0.130. The number of hydrogen-bond donors (Lipinski definition) is 1. The zero-order valence-electron chi connectivity index (χ0n) is 18.5. The Bertz CT molecular complexity index is 1380. The molecular formula is C26H24FN5O2. The van der Waals surface area contributed by atoms with E-state index in [9.17, 15) is 9.18 Å². The Morgan fingerprint density at radius 3 is 2.71 bits per heavy atom. The summed E-state index contributed by atoms with van der Waals surface area (Å²) in [7, 11) is 0. The molecule has 2 N–H and O–H groups in total. The van der Waals surface area contributed by atoms with Crippen LogP contribution in [0.2, 0.25) is 0 Å². The van der Waals surface area contributed by atoms with E-state index in [2.05, 4.69) is 4.98 Å². The molecule has 2 aliphatic heterocycles. The van der Waals surface area contributed by atoms with Crippen molar-refractivity contribution in [2.75, 3.05) is 12.3 Å². The van der Waals surface area contributed by atoms with Crippen molar-refractivity contribution in [3.05, 3.63) is 72.3 Å². The highest BCUT2D eigenvalue weighted by Gasteiger charge is 2.38. The van der Waals surface area contributed by atoms with E-state index in [1.54, 1.807) is 18.3 Å². The summed E-state index contributed by atoms with van der Waals surface area (Å²) >= 11 is 0. The predicted molar refractivity (Wildman–Crippen MR) is 126 cm³/mol. The number of piperidine rings is 1. The normalized spacial score (nSPS) is 20.0. The molecule has 0 radical (unpaired) electrons. The van der Waals surface area contributed by atoms with Crippen LogP contribution in [0, 0.1) is 5.82 Å². The Hall–Kier alpha value is -3.94. The van der Waals surface area contributed by atoms with Gasteiger partial charge in [0.05, 0.1) is 11.4 Å². The molecule has 0 saturated carbocycles. The number of pyridine rings is 1. The molecule has 4 heterocycles. The van der Waals surface area contributed by atoms with E-state index in [0.717, 1.165) is 41.5 Å². The number of nitrogen functional groups attached to an aromatic ring is 1. The Morgan fingerprint density at radius 1 is 1.03 bits per heavy atom. The summed E-state index contributed by atoms with van der Waals surface area (Å²) in [5, 5.41) is 5.94. The molecule has 0 bridgehead atoms. The second kappa shape index (κ2) is 8.13. The van der Waals surface area contributed by atoms with Gasteiger partial charge in [0.15, 0.2) is 0 Å². The molecule has 6 rings (SSSR count). The minimum Gasteiger partial charge on any atom is -0.457 e. The number of nitrogens with zero attached hydrogens (tertiary/aromatic N) is 4. The van der Waals surface area contributed by atoms with Gasteiger partial charge in [-0.15, -0.1) is 0 Å². The summed E-state index contributed by atoms with van der Waals surface area (Å²) in [6.07, 6.45) is 5.30. The van der Waals surface area contributed by atoms with E-state index in [0.29, 0.717) is 36.3 Å². The number of benzene rings is 2. The Labute approximate surface area is 196 Å². The molecule has 2 saturated heterocycles. The monoisotopic (exact) mass is 457 g/mol. The van der Waals surface area contributed by atoms with Gasteiger partial charge in [0.1, 0.15) is 28.7 Å². The van der Waals surface area contributed by atoms with Crippen LogP contribution in [0.3, 0.4) is 0 Å². The van der Waals surface area contributed by atoms with Gasteiger partial charge in [0.2, 0.25) is 5.91 Å². The fraction of sp³-hybridized carbons (Fsp3) is 0.269. The van der Waals surface area contributed by atoms with Crippen molar-refractivity contribution in [1.82, 2.24) is 19.7 Å². The topological polar surface area (TPSA) is 86.3 Å². The van der Waals surface area contributed by atoms with Gasteiger partial charge < -0.3 is 15.4 Å². The van der Waals surface area contributed by atoms with Gasteiger partial charge in [0.25, 0.3) is 0 Å². The lowest BCUT2D eigenvalue weighted by Crippen LogP contribution is -2.40. The molecule has 172 valence electrons. The first kappa shape index (κ1) is 20.7. The average molecular weight is 458 g/mol. The molecule has 1 amide bonds. The Kier molecular flexibility index (Phi) is 4.94. The van der Waals surface area contributed by atoms with Gasteiger partial charge in [-0.3, -0.25) is 4.79 Å². The van der Waals surface area contributed by atoms with E-state index in [4.69, 9.17) is 15.6 Å². The largest absolute Gasteiger partial charge is 0.457 e. The van der Waals surface area contributed by atoms with Crippen LogP contribution in [0.25, 0.3) is 16.6 Å². The number of nitrogens with two attached hydrogens (primary N) is 1. The minimum atomic E-state index is -0.350. The molecular weight excluding hydrogens is 433 g/mol. The van der Waals surface area contributed by atoms with Crippen molar-refractivity contribution in [3.63, 3.8) is 0 Å². The summed E-state index contributed by atoms with van der Waals surface area (Å²) in [6, 6.07) is 15.7. The van der Waals surface area contributed by atoms with Crippen LogP contribution in [0.5, 0.6) is 11.5 Å². The molecule has 4 aromatic rings. The molecule has 7 nitrogen and oxygen atoms in total. The fourth-order valence-corrected chi connectivity index (χ4v) is 5.21. The highest BCUT2D eigenvalue weighted by atomic mass is 19.1. The first-order valence-electron chi connectivity index (χ1n) is 11.5. The molecule has 0 spiro atoms. The number of hydrogen-bond acceptors (Lipinski definition) is 5. The minimum absolute atomic E-state index is 0.152. The van der Waals surface area contributed by atoms with Crippen LogP contribution in [0.15, 0.2) is 60.8 Å². The van der Waals surface area contributed by atoms with E-state index >= 15 is 0 Å². The maximum absolute atomic E-state index is 13.5. The molecule has 2 aliphatic rings. The summed E-state index contributed by atoms with van der Waals surface area (Å²) in [5.74, 6) is 1.47. The van der Waals surface area contributed by atoms with Gasteiger partial charge in [-0.25, -0.2) is 14.1 Å². The average Bonchev–Trinajstić information content (AvgIpc) is 3.41. The molecule has 0 unspecified atom stereocenters. The van der Waals surface area contributed by atoms with E-state index in [-0.39, 0.29) is 17.6 Å². The standard InChI is InChI=1S/C26H24FN5O2/c27-17-2-1-3-21(14-17)34-20-9-6-19(7-10-20)32-25-22(12-13-29-26(25)28)24(30-32)16-4-5-18-8-11-23(33)31(18)15-16/h1-3,6-7,9-10,12-14,16,18H,4-5,8,11,15H2,(H2,28,29)/t16-,18+/m1/s1. The van der Waals surface area contributed by atoms with E-state index < -0.39 is 0 Å². The molecule has 2 aromatic carbocycles. The smallest absolute Gasteiger partial charge is 0.222 e. The molecule has 2 aromatic heterocycles. The van der Waals surface area contributed by atoms with E-state index in [1.165, 1.54) is 12.1 Å². The number of ether oxygens (including phenoxy) is 1. The number of carbonyl (C=O) groups excluding carboxylic acids is 1. The number of aromatic nitrogens is 3. The Balaban J connectivity index is 1.34. The zero-order valence-corrected chi connectivity index (χ0v) is 18.5. The molecule has 2 fully saturated rings.